The van der Waals surface area contributed by atoms with Crippen molar-refractivity contribution in [3.8, 4) is 0 Å². The van der Waals surface area contributed by atoms with Crippen LogP contribution >= 0.6 is 0 Å². The molecule has 1 atom stereocenters. The topological polar surface area (TPSA) is 97.3 Å². The molecular weight excluding hydrogens is 234 g/mol. The van der Waals surface area contributed by atoms with E-state index in [9.17, 15) is 4.79 Å². The number of hydrogen-bond donors (Lipinski definition) is 2. The zero-order chi connectivity index (χ0) is 13.0. The fourth-order valence-corrected chi connectivity index (χ4v) is 1.98. The van der Waals surface area contributed by atoms with Crippen LogP contribution in [0.2, 0.25) is 0 Å². The molecule has 1 aliphatic rings. The molecule has 0 bridgehead atoms. The number of carbonyl (C=O) groups excluding carboxylic acids is 1. The lowest BCUT2D eigenvalue weighted by Crippen LogP contribution is -2.27. The van der Waals surface area contributed by atoms with Gasteiger partial charge in [0.1, 0.15) is 0 Å². The first-order valence-corrected chi connectivity index (χ1v) is 6.28. The van der Waals surface area contributed by atoms with Crippen molar-refractivity contribution in [3.63, 3.8) is 0 Å². The van der Waals surface area contributed by atoms with E-state index < -0.39 is 0 Å². The molecule has 0 aromatic carbocycles. The quantitative estimate of drug-likeness (QED) is 0.686. The van der Waals surface area contributed by atoms with Crippen molar-refractivity contribution in [2.45, 2.75) is 26.3 Å². The Kier molecular flexibility index (Phi) is 4.14. The minimum absolute atomic E-state index is 0.112. The van der Waals surface area contributed by atoms with Gasteiger partial charge in [0.05, 0.1) is 12.5 Å². The number of nitrogens with two attached hydrogens (primary N) is 1. The number of amides is 1. The molecule has 1 aromatic heterocycles. The molecule has 7 nitrogen and oxygen atoms in total. The summed E-state index contributed by atoms with van der Waals surface area (Å²) in [5.41, 5.74) is 5.28. The molecule has 0 aliphatic carbocycles. The Balaban J connectivity index is 1.88. The van der Waals surface area contributed by atoms with Gasteiger partial charge in [-0.15, -0.1) is 5.10 Å². The summed E-state index contributed by atoms with van der Waals surface area (Å²) in [6, 6.07) is 0.479. The number of anilines is 1. The molecule has 1 amide bonds. The van der Waals surface area contributed by atoms with E-state index in [0.29, 0.717) is 25.0 Å². The molecule has 1 aromatic rings. The van der Waals surface area contributed by atoms with Gasteiger partial charge < -0.3 is 20.4 Å². The number of nitrogens with one attached hydrogen (secondary N) is 1. The second-order valence-corrected chi connectivity index (χ2v) is 4.49. The largest absolute Gasteiger partial charge is 0.407 e. The Morgan fingerprint density at radius 2 is 2.44 bits per heavy atom. The fraction of sp³-hybridized carbons (Fsp3) is 0.727. The molecule has 0 spiro atoms. The van der Waals surface area contributed by atoms with Crippen LogP contribution in [0.3, 0.4) is 0 Å². The van der Waals surface area contributed by atoms with Gasteiger partial charge in [-0.3, -0.25) is 4.79 Å². The maximum atomic E-state index is 11.1. The second kappa shape index (κ2) is 5.81. The predicted molar refractivity (Wildman–Crippen MR) is 65.8 cm³/mol. The van der Waals surface area contributed by atoms with E-state index in [1.54, 1.807) is 0 Å². The van der Waals surface area contributed by atoms with Crippen LogP contribution in [0.4, 0.5) is 6.01 Å². The summed E-state index contributed by atoms with van der Waals surface area (Å²) in [6.45, 7) is 4.90. The summed E-state index contributed by atoms with van der Waals surface area (Å²) in [5, 5.41) is 11.1. The molecular formula is C11H19N5O2. The molecule has 0 saturated carbocycles. The lowest BCUT2D eigenvalue weighted by atomic mass is 10.1. The maximum absolute atomic E-state index is 11.1. The summed E-state index contributed by atoms with van der Waals surface area (Å²) < 4.78 is 5.53. The molecule has 1 saturated heterocycles. The van der Waals surface area contributed by atoms with Crippen molar-refractivity contribution in [1.82, 2.24) is 15.5 Å². The third-order valence-corrected chi connectivity index (χ3v) is 3.02. The van der Waals surface area contributed by atoms with Crippen LogP contribution in [0.5, 0.6) is 0 Å². The summed E-state index contributed by atoms with van der Waals surface area (Å²) in [4.78, 5) is 13.0. The van der Waals surface area contributed by atoms with Crippen molar-refractivity contribution in [2.75, 3.05) is 24.5 Å². The highest BCUT2D eigenvalue weighted by Gasteiger charge is 2.29. The summed E-state index contributed by atoms with van der Waals surface area (Å²) in [7, 11) is 0. The molecule has 0 radical (unpaired) electrons. The smallest absolute Gasteiger partial charge is 0.318 e. The molecule has 100 valence electrons. The lowest BCUT2D eigenvalue weighted by molar-refractivity contribution is -0.121. The average molecular weight is 253 g/mol. The molecule has 2 rings (SSSR count). The highest BCUT2D eigenvalue weighted by Crippen LogP contribution is 2.22. The normalized spacial score (nSPS) is 19.4. The minimum atomic E-state index is -0.262. The van der Waals surface area contributed by atoms with Crippen molar-refractivity contribution in [3.05, 3.63) is 5.89 Å². The molecule has 18 heavy (non-hydrogen) atoms. The Morgan fingerprint density at radius 1 is 1.61 bits per heavy atom. The summed E-state index contributed by atoms with van der Waals surface area (Å²) in [5.74, 6) is 0.196. The van der Waals surface area contributed by atoms with Crippen LogP contribution in [-0.2, 0) is 11.3 Å². The van der Waals surface area contributed by atoms with Crippen LogP contribution in [0.15, 0.2) is 4.42 Å². The molecule has 1 aliphatic heterocycles. The van der Waals surface area contributed by atoms with Crippen molar-refractivity contribution in [1.29, 1.82) is 0 Å². The summed E-state index contributed by atoms with van der Waals surface area (Å²) >= 11 is 0. The van der Waals surface area contributed by atoms with Crippen LogP contribution in [0.25, 0.3) is 0 Å². The first-order chi connectivity index (χ1) is 8.70. The molecule has 2 heterocycles. The number of primary amides is 1. The van der Waals surface area contributed by atoms with Crippen LogP contribution in [0, 0.1) is 5.92 Å². The number of carbonyl (C=O) groups is 1. The van der Waals surface area contributed by atoms with E-state index in [0.717, 1.165) is 25.9 Å². The summed E-state index contributed by atoms with van der Waals surface area (Å²) in [6.07, 6.45) is 1.81. The third kappa shape index (κ3) is 2.98. The fourth-order valence-electron chi connectivity index (χ4n) is 1.98. The zero-order valence-electron chi connectivity index (χ0n) is 10.6. The molecule has 7 heteroatoms. The maximum Gasteiger partial charge on any atom is 0.318 e. The van der Waals surface area contributed by atoms with Gasteiger partial charge in [-0.25, -0.2) is 0 Å². The lowest BCUT2D eigenvalue weighted by Gasteiger charge is -2.11. The minimum Gasteiger partial charge on any atom is -0.407 e. The molecule has 1 unspecified atom stereocenters. The number of nitrogens with zero attached hydrogens (tertiary/aromatic N) is 3. The first-order valence-electron chi connectivity index (χ1n) is 6.28. The van der Waals surface area contributed by atoms with Gasteiger partial charge in [0.15, 0.2) is 0 Å². The average Bonchev–Trinajstić information content (AvgIpc) is 2.97. The highest BCUT2D eigenvalue weighted by atomic mass is 16.4. The SMILES string of the molecule is CCCNCc1nnc(N2CCC(C(N)=O)C2)o1. The molecule has 3 N–H and O–H groups in total. The monoisotopic (exact) mass is 253 g/mol. The molecule has 1 fully saturated rings. The van der Waals surface area contributed by atoms with Gasteiger partial charge in [-0.2, -0.15) is 0 Å². The number of rotatable bonds is 6. The van der Waals surface area contributed by atoms with Gasteiger partial charge in [0, 0.05) is 13.1 Å². The standard InChI is InChI=1S/C11H19N5O2/c1-2-4-13-6-9-14-15-11(18-9)16-5-3-8(7-16)10(12)17/h8,13H,2-7H2,1H3,(H2,12,17). The third-order valence-electron chi connectivity index (χ3n) is 3.02. The van der Waals surface area contributed by atoms with Crippen LogP contribution in [0.1, 0.15) is 25.7 Å². The van der Waals surface area contributed by atoms with E-state index in [1.807, 2.05) is 4.90 Å². The van der Waals surface area contributed by atoms with E-state index in [4.69, 9.17) is 10.2 Å². The van der Waals surface area contributed by atoms with Crippen molar-refractivity contribution >= 4 is 11.9 Å². The Labute approximate surface area is 106 Å². The van der Waals surface area contributed by atoms with E-state index in [1.165, 1.54) is 0 Å². The van der Waals surface area contributed by atoms with Crippen LogP contribution < -0.4 is 16.0 Å². The van der Waals surface area contributed by atoms with E-state index >= 15 is 0 Å². The van der Waals surface area contributed by atoms with Gasteiger partial charge in [0.25, 0.3) is 0 Å². The van der Waals surface area contributed by atoms with Gasteiger partial charge in [-0.1, -0.05) is 12.0 Å². The Bertz CT molecular complexity index is 406. The Hall–Kier alpha value is -1.63. The first kappa shape index (κ1) is 12.8. The van der Waals surface area contributed by atoms with Crippen molar-refractivity contribution < 1.29 is 9.21 Å². The second-order valence-electron chi connectivity index (χ2n) is 4.49. The number of hydrogen-bond acceptors (Lipinski definition) is 6. The Morgan fingerprint density at radius 3 is 3.11 bits per heavy atom. The van der Waals surface area contributed by atoms with E-state index in [-0.39, 0.29) is 11.8 Å². The predicted octanol–water partition coefficient (Wildman–Crippen LogP) is -0.119. The van der Waals surface area contributed by atoms with Gasteiger partial charge in [-0.05, 0) is 19.4 Å². The highest BCUT2D eigenvalue weighted by molar-refractivity contribution is 5.77. The number of aromatic nitrogens is 2. The van der Waals surface area contributed by atoms with Crippen LogP contribution in [-0.4, -0.2) is 35.7 Å². The van der Waals surface area contributed by atoms with Crippen molar-refractivity contribution in [2.24, 2.45) is 11.7 Å². The van der Waals surface area contributed by atoms with E-state index in [2.05, 4.69) is 22.4 Å². The van der Waals surface area contributed by atoms with Gasteiger partial charge >= 0.3 is 6.01 Å². The zero-order valence-corrected chi connectivity index (χ0v) is 10.6. The van der Waals surface area contributed by atoms with Gasteiger partial charge in [0.2, 0.25) is 11.8 Å².